The van der Waals surface area contributed by atoms with Crippen LogP contribution in [0.2, 0.25) is 0 Å². The first kappa shape index (κ1) is 9.06. The van der Waals surface area contributed by atoms with Crippen molar-refractivity contribution in [3.8, 4) is 5.88 Å². The molecule has 2 rings (SSSR count). The number of H-pyrrole nitrogens is 1. The predicted molar refractivity (Wildman–Crippen MR) is 56.5 cm³/mol. The molecule has 14 heavy (non-hydrogen) atoms. The van der Waals surface area contributed by atoms with Crippen molar-refractivity contribution in [2.45, 2.75) is 19.8 Å². The van der Waals surface area contributed by atoms with Crippen LogP contribution in [-0.2, 0) is 0 Å². The SMILES string of the molecule is CCCCOc1ccc2[nH]ccc2n1. The number of rotatable bonds is 4. The van der Waals surface area contributed by atoms with Crippen LogP contribution < -0.4 is 4.74 Å². The lowest BCUT2D eigenvalue weighted by molar-refractivity contribution is 0.299. The van der Waals surface area contributed by atoms with Gasteiger partial charge in [0.1, 0.15) is 0 Å². The van der Waals surface area contributed by atoms with Crippen molar-refractivity contribution in [3.05, 3.63) is 24.4 Å². The largest absolute Gasteiger partial charge is 0.478 e. The third-order valence-corrected chi connectivity index (χ3v) is 2.13. The highest BCUT2D eigenvalue weighted by Gasteiger charge is 1.98. The quantitative estimate of drug-likeness (QED) is 0.753. The fraction of sp³-hybridized carbons (Fsp3) is 0.364. The minimum atomic E-state index is 0.713. The molecule has 0 aromatic carbocycles. The topological polar surface area (TPSA) is 37.9 Å². The number of hydrogen-bond donors (Lipinski definition) is 1. The molecule has 0 spiro atoms. The molecule has 0 fully saturated rings. The molecule has 0 saturated carbocycles. The van der Waals surface area contributed by atoms with E-state index in [0.717, 1.165) is 30.5 Å². The second-order valence-electron chi connectivity index (χ2n) is 3.26. The minimum Gasteiger partial charge on any atom is -0.478 e. The number of hydrogen-bond acceptors (Lipinski definition) is 2. The summed E-state index contributed by atoms with van der Waals surface area (Å²) in [5.74, 6) is 0.713. The number of fused-ring (bicyclic) bond motifs is 1. The van der Waals surface area contributed by atoms with Gasteiger partial charge < -0.3 is 9.72 Å². The van der Waals surface area contributed by atoms with Gasteiger partial charge in [-0.2, -0.15) is 0 Å². The van der Waals surface area contributed by atoms with Crippen LogP contribution in [0.3, 0.4) is 0 Å². The highest BCUT2D eigenvalue weighted by atomic mass is 16.5. The van der Waals surface area contributed by atoms with Crippen molar-refractivity contribution in [2.24, 2.45) is 0 Å². The summed E-state index contributed by atoms with van der Waals surface area (Å²) in [4.78, 5) is 7.45. The Morgan fingerprint density at radius 1 is 1.36 bits per heavy atom. The summed E-state index contributed by atoms with van der Waals surface area (Å²) in [7, 11) is 0. The van der Waals surface area contributed by atoms with Gasteiger partial charge in [-0.05, 0) is 18.6 Å². The number of unbranched alkanes of at least 4 members (excludes halogenated alkanes) is 1. The van der Waals surface area contributed by atoms with Crippen molar-refractivity contribution in [3.63, 3.8) is 0 Å². The van der Waals surface area contributed by atoms with E-state index in [9.17, 15) is 0 Å². The van der Waals surface area contributed by atoms with Crippen molar-refractivity contribution in [1.29, 1.82) is 0 Å². The molecule has 2 aromatic rings. The Morgan fingerprint density at radius 3 is 3.14 bits per heavy atom. The number of pyridine rings is 1. The van der Waals surface area contributed by atoms with E-state index in [-0.39, 0.29) is 0 Å². The van der Waals surface area contributed by atoms with Gasteiger partial charge in [0.05, 0.1) is 17.6 Å². The number of nitrogens with zero attached hydrogens (tertiary/aromatic N) is 1. The maximum atomic E-state index is 5.50. The Bertz CT molecular complexity index is 408. The highest BCUT2D eigenvalue weighted by molar-refractivity contribution is 5.75. The van der Waals surface area contributed by atoms with E-state index in [1.54, 1.807) is 0 Å². The lowest BCUT2D eigenvalue weighted by atomic mass is 10.3. The molecular weight excluding hydrogens is 176 g/mol. The molecule has 0 atom stereocenters. The van der Waals surface area contributed by atoms with Crippen LogP contribution in [0.5, 0.6) is 5.88 Å². The second-order valence-corrected chi connectivity index (χ2v) is 3.26. The van der Waals surface area contributed by atoms with Crippen LogP contribution >= 0.6 is 0 Å². The van der Waals surface area contributed by atoms with Crippen LogP contribution in [0.1, 0.15) is 19.8 Å². The molecule has 0 radical (unpaired) electrons. The average molecular weight is 190 g/mol. The fourth-order valence-corrected chi connectivity index (χ4v) is 1.32. The predicted octanol–water partition coefficient (Wildman–Crippen LogP) is 2.74. The molecule has 0 saturated heterocycles. The Hall–Kier alpha value is -1.51. The number of aromatic amines is 1. The van der Waals surface area contributed by atoms with Gasteiger partial charge in [-0.25, -0.2) is 4.98 Å². The maximum absolute atomic E-state index is 5.50. The summed E-state index contributed by atoms with van der Waals surface area (Å²) in [5, 5.41) is 0. The van der Waals surface area contributed by atoms with Gasteiger partial charge in [-0.3, -0.25) is 0 Å². The van der Waals surface area contributed by atoms with Crippen LogP contribution in [0.4, 0.5) is 0 Å². The maximum Gasteiger partial charge on any atom is 0.213 e. The first-order valence-corrected chi connectivity index (χ1v) is 4.97. The standard InChI is InChI=1S/C11H14N2O/c1-2-3-8-14-11-5-4-9-10(13-11)6-7-12-9/h4-7,12H,2-3,8H2,1H3. The first-order chi connectivity index (χ1) is 6.90. The summed E-state index contributed by atoms with van der Waals surface area (Å²) in [6.45, 7) is 2.89. The summed E-state index contributed by atoms with van der Waals surface area (Å²) in [6.07, 6.45) is 4.10. The van der Waals surface area contributed by atoms with E-state index in [1.807, 2.05) is 24.4 Å². The molecule has 3 heteroatoms. The van der Waals surface area contributed by atoms with Gasteiger partial charge in [0.25, 0.3) is 0 Å². The number of ether oxygens (including phenoxy) is 1. The summed E-state index contributed by atoms with van der Waals surface area (Å²) >= 11 is 0. The van der Waals surface area contributed by atoms with Crippen molar-refractivity contribution in [1.82, 2.24) is 9.97 Å². The highest BCUT2D eigenvalue weighted by Crippen LogP contribution is 2.14. The average Bonchev–Trinajstić information content (AvgIpc) is 2.65. The van der Waals surface area contributed by atoms with Gasteiger partial charge in [-0.1, -0.05) is 13.3 Å². The molecule has 3 nitrogen and oxygen atoms in total. The Morgan fingerprint density at radius 2 is 2.29 bits per heavy atom. The molecule has 1 N–H and O–H groups in total. The normalized spacial score (nSPS) is 10.6. The zero-order chi connectivity index (χ0) is 9.80. The van der Waals surface area contributed by atoms with Crippen LogP contribution in [-0.4, -0.2) is 16.6 Å². The summed E-state index contributed by atoms with van der Waals surface area (Å²) in [5.41, 5.74) is 2.01. The molecule has 0 aliphatic rings. The number of aromatic nitrogens is 2. The monoisotopic (exact) mass is 190 g/mol. The molecule has 0 aliphatic carbocycles. The smallest absolute Gasteiger partial charge is 0.213 e. The van der Waals surface area contributed by atoms with Gasteiger partial charge in [0.2, 0.25) is 5.88 Å². The van der Waals surface area contributed by atoms with E-state index in [0.29, 0.717) is 5.88 Å². The van der Waals surface area contributed by atoms with Crippen LogP contribution in [0.15, 0.2) is 24.4 Å². The fourth-order valence-electron chi connectivity index (χ4n) is 1.32. The molecule has 2 heterocycles. The summed E-state index contributed by atoms with van der Waals surface area (Å²) < 4.78 is 5.50. The zero-order valence-electron chi connectivity index (χ0n) is 8.29. The Kier molecular flexibility index (Phi) is 2.68. The Balaban J connectivity index is 2.10. The van der Waals surface area contributed by atoms with Gasteiger partial charge >= 0.3 is 0 Å². The van der Waals surface area contributed by atoms with E-state index in [1.165, 1.54) is 0 Å². The molecule has 0 bridgehead atoms. The molecule has 2 aromatic heterocycles. The lowest BCUT2D eigenvalue weighted by Gasteiger charge is -2.03. The van der Waals surface area contributed by atoms with Gasteiger partial charge in [-0.15, -0.1) is 0 Å². The molecule has 0 amide bonds. The van der Waals surface area contributed by atoms with E-state index < -0.39 is 0 Å². The van der Waals surface area contributed by atoms with Crippen molar-refractivity contribution in [2.75, 3.05) is 6.61 Å². The van der Waals surface area contributed by atoms with Crippen molar-refractivity contribution >= 4 is 11.0 Å². The summed E-state index contributed by atoms with van der Waals surface area (Å²) in [6, 6.07) is 5.83. The molecule has 74 valence electrons. The van der Waals surface area contributed by atoms with Gasteiger partial charge in [0, 0.05) is 12.3 Å². The number of nitrogens with one attached hydrogen (secondary N) is 1. The third-order valence-electron chi connectivity index (χ3n) is 2.13. The van der Waals surface area contributed by atoms with Gasteiger partial charge in [0.15, 0.2) is 0 Å². The minimum absolute atomic E-state index is 0.713. The van der Waals surface area contributed by atoms with E-state index in [4.69, 9.17) is 4.74 Å². The van der Waals surface area contributed by atoms with E-state index >= 15 is 0 Å². The van der Waals surface area contributed by atoms with E-state index in [2.05, 4.69) is 16.9 Å². The molecule has 0 unspecified atom stereocenters. The second kappa shape index (κ2) is 4.13. The molecule has 0 aliphatic heterocycles. The zero-order valence-corrected chi connectivity index (χ0v) is 8.29. The molecular formula is C11H14N2O. The van der Waals surface area contributed by atoms with Crippen LogP contribution in [0, 0.1) is 0 Å². The Labute approximate surface area is 83.1 Å². The first-order valence-electron chi connectivity index (χ1n) is 4.97. The third kappa shape index (κ3) is 1.87. The van der Waals surface area contributed by atoms with Crippen LogP contribution in [0.25, 0.3) is 11.0 Å². The lowest BCUT2D eigenvalue weighted by Crippen LogP contribution is -1.97. The van der Waals surface area contributed by atoms with Crippen molar-refractivity contribution < 1.29 is 4.74 Å².